The SMILES string of the molecule is O=C(CC[C@H]1Cc2ccccc2NC1=O)Nc1cccc(N2CCCC2=O)c1. The van der Waals surface area contributed by atoms with Crippen LogP contribution in [0.5, 0.6) is 0 Å². The fourth-order valence-corrected chi connectivity index (χ4v) is 3.85. The van der Waals surface area contributed by atoms with E-state index >= 15 is 0 Å². The maximum absolute atomic E-state index is 12.4. The highest BCUT2D eigenvalue weighted by atomic mass is 16.2. The van der Waals surface area contributed by atoms with Crippen LogP contribution in [0.2, 0.25) is 0 Å². The molecule has 0 aliphatic carbocycles. The van der Waals surface area contributed by atoms with Crippen LogP contribution in [0.25, 0.3) is 0 Å². The van der Waals surface area contributed by atoms with Gasteiger partial charge in [0.05, 0.1) is 0 Å². The average Bonchev–Trinajstić information content (AvgIpc) is 3.12. The van der Waals surface area contributed by atoms with Crippen LogP contribution in [0, 0.1) is 5.92 Å². The Labute approximate surface area is 163 Å². The molecule has 0 spiro atoms. The zero-order valence-electron chi connectivity index (χ0n) is 15.6. The first-order valence-electron chi connectivity index (χ1n) is 9.69. The summed E-state index contributed by atoms with van der Waals surface area (Å²) in [5.41, 5.74) is 3.45. The predicted octanol–water partition coefficient (Wildman–Crippen LogP) is 3.34. The molecule has 0 radical (unpaired) electrons. The van der Waals surface area contributed by atoms with Crippen LogP contribution in [0.3, 0.4) is 0 Å². The van der Waals surface area contributed by atoms with Gasteiger partial charge < -0.3 is 15.5 Å². The molecule has 2 aromatic carbocycles. The third-order valence-electron chi connectivity index (χ3n) is 5.35. The van der Waals surface area contributed by atoms with E-state index in [0.717, 1.165) is 23.4 Å². The molecule has 1 fully saturated rings. The molecular formula is C22H23N3O3. The molecule has 4 rings (SSSR count). The molecular weight excluding hydrogens is 354 g/mol. The molecule has 0 saturated carbocycles. The number of hydrogen-bond acceptors (Lipinski definition) is 3. The van der Waals surface area contributed by atoms with Crippen LogP contribution in [-0.4, -0.2) is 24.3 Å². The van der Waals surface area contributed by atoms with Crippen molar-refractivity contribution >= 4 is 34.8 Å². The molecule has 28 heavy (non-hydrogen) atoms. The van der Waals surface area contributed by atoms with Gasteiger partial charge in [0.1, 0.15) is 0 Å². The highest BCUT2D eigenvalue weighted by molar-refractivity contribution is 5.98. The second kappa shape index (κ2) is 7.84. The summed E-state index contributed by atoms with van der Waals surface area (Å²) in [6, 6.07) is 15.1. The van der Waals surface area contributed by atoms with Gasteiger partial charge in [-0.05, 0) is 49.1 Å². The van der Waals surface area contributed by atoms with Crippen molar-refractivity contribution in [3.05, 3.63) is 54.1 Å². The van der Waals surface area contributed by atoms with E-state index in [1.54, 1.807) is 4.90 Å². The van der Waals surface area contributed by atoms with Crippen LogP contribution in [0.15, 0.2) is 48.5 Å². The quantitative estimate of drug-likeness (QED) is 0.839. The number of nitrogens with one attached hydrogen (secondary N) is 2. The Morgan fingerprint density at radius 1 is 1.14 bits per heavy atom. The molecule has 2 aliphatic rings. The zero-order valence-corrected chi connectivity index (χ0v) is 15.6. The maximum atomic E-state index is 12.4. The summed E-state index contributed by atoms with van der Waals surface area (Å²) in [5, 5.41) is 5.80. The Balaban J connectivity index is 1.34. The highest BCUT2D eigenvalue weighted by Crippen LogP contribution is 2.28. The number of carbonyl (C=O) groups is 3. The molecule has 2 N–H and O–H groups in total. The number of hydrogen-bond donors (Lipinski definition) is 2. The first-order chi connectivity index (χ1) is 13.6. The van der Waals surface area contributed by atoms with Crippen molar-refractivity contribution in [2.45, 2.75) is 32.1 Å². The van der Waals surface area contributed by atoms with Crippen molar-refractivity contribution in [2.24, 2.45) is 5.92 Å². The number of benzene rings is 2. The lowest BCUT2D eigenvalue weighted by molar-refractivity contribution is -0.121. The van der Waals surface area contributed by atoms with Gasteiger partial charge in [0, 0.05) is 42.4 Å². The Hall–Kier alpha value is -3.15. The lowest BCUT2D eigenvalue weighted by Gasteiger charge is -2.24. The first kappa shape index (κ1) is 18.2. The Bertz CT molecular complexity index is 925. The lowest BCUT2D eigenvalue weighted by Crippen LogP contribution is -2.30. The van der Waals surface area contributed by atoms with E-state index < -0.39 is 0 Å². The third kappa shape index (κ3) is 3.91. The minimum atomic E-state index is -0.200. The predicted molar refractivity (Wildman–Crippen MR) is 108 cm³/mol. The molecule has 6 nitrogen and oxygen atoms in total. The van der Waals surface area contributed by atoms with Gasteiger partial charge in [0.25, 0.3) is 0 Å². The van der Waals surface area contributed by atoms with Crippen LogP contribution < -0.4 is 15.5 Å². The number of amides is 3. The van der Waals surface area contributed by atoms with Gasteiger partial charge >= 0.3 is 0 Å². The second-order valence-electron chi connectivity index (χ2n) is 7.33. The molecule has 2 aromatic rings. The molecule has 0 bridgehead atoms. The van der Waals surface area contributed by atoms with Gasteiger partial charge in [-0.3, -0.25) is 14.4 Å². The smallest absolute Gasteiger partial charge is 0.227 e. The van der Waals surface area contributed by atoms with Crippen LogP contribution in [0.1, 0.15) is 31.2 Å². The monoisotopic (exact) mass is 377 g/mol. The summed E-state index contributed by atoms with van der Waals surface area (Å²) in [7, 11) is 0. The zero-order chi connectivity index (χ0) is 19.5. The largest absolute Gasteiger partial charge is 0.326 e. The summed E-state index contributed by atoms with van der Waals surface area (Å²) in [5.74, 6) is -0.237. The first-order valence-corrected chi connectivity index (χ1v) is 9.69. The van der Waals surface area contributed by atoms with E-state index in [1.807, 2.05) is 48.5 Å². The van der Waals surface area contributed by atoms with E-state index in [0.29, 0.717) is 31.5 Å². The third-order valence-corrected chi connectivity index (χ3v) is 5.35. The van der Waals surface area contributed by atoms with Gasteiger partial charge in [-0.15, -0.1) is 0 Å². The van der Waals surface area contributed by atoms with Crippen LogP contribution in [-0.2, 0) is 20.8 Å². The van der Waals surface area contributed by atoms with Crippen molar-refractivity contribution in [2.75, 3.05) is 22.1 Å². The summed E-state index contributed by atoms with van der Waals surface area (Å²) < 4.78 is 0. The Morgan fingerprint density at radius 3 is 2.82 bits per heavy atom. The van der Waals surface area contributed by atoms with Gasteiger partial charge in [-0.25, -0.2) is 0 Å². The van der Waals surface area contributed by atoms with Crippen LogP contribution in [0.4, 0.5) is 17.1 Å². The lowest BCUT2D eigenvalue weighted by atomic mass is 9.89. The van der Waals surface area contributed by atoms with E-state index in [9.17, 15) is 14.4 Å². The fourth-order valence-electron chi connectivity index (χ4n) is 3.85. The van der Waals surface area contributed by atoms with E-state index in [-0.39, 0.29) is 30.1 Å². The molecule has 0 aromatic heterocycles. The molecule has 3 amide bonds. The van der Waals surface area contributed by atoms with Gasteiger partial charge in [0.15, 0.2) is 0 Å². The number of fused-ring (bicyclic) bond motifs is 1. The number of para-hydroxylation sites is 1. The molecule has 1 saturated heterocycles. The van der Waals surface area contributed by atoms with E-state index in [4.69, 9.17) is 0 Å². The standard InChI is InChI=1S/C22H23N3O3/c26-20(11-10-16-13-15-5-1-2-8-19(15)24-22(16)28)23-17-6-3-7-18(14-17)25-12-4-9-21(25)27/h1-3,5-8,14,16H,4,9-13H2,(H,23,26)(H,24,28)/t16-/m0/s1. The van der Waals surface area contributed by atoms with E-state index in [1.165, 1.54) is 0 Å². The topological polar surface area (TPSA) is 78.5 Å². The summed E-state index contributed by atoms with van der Waals surface area (Å²) in [6.45, 7) is 0.717. The van der Waals surface area contributed by atoms with Crippen molar-refractivity contribution in [3.8, 4) is 0 Å². The van der Waals surface area contributed by atoms with Crippen LogP contribution >= 0.6 is 0 Å². The van der Waals surface area contributed by atoms with Gasteiger partial charge in [-0.2, -0.15) is 0 Å². The van der Waals surface area contributed by atoms with Crippen molar-refractivity contribution in [1.82, 2.24) is 0 Å². The summed E-state index contributed by atoms with van der Waals surface area (Å²) in [6.07, 6.45) is 2.86. The Kier molecular flexibility index (Phi) is 5.10. The normalized spacial score (nSPS) is 18.6. The van der Waals surface area contributed by atoms with Crippen molar-refractivity contribution in [3.63, 3.8) is 0 Å². The van der Waals surface area contributed by atoms with Crippen molar-refractivity contribution in [1.29, 1.82) is 0 Å². The van der Waals surface area contributed by atoms with Crippen molar-refractivity contribution < 1.29 is 14.4 Å². The number of rotatable bonds is 5. The number of anilines is 3. The second-order valence-corrected chi connectivity index (χ2v) is 7.33. The summed E-state index contributed by atoms with van der Waals surface area (Å²) in [4.78, 5) is 38.3. The minimum absolute atomic E-state index is 0.0268. The van der Waals surface area contributed by atoms with E-state index in [2.05, 4.69) is 10.6 Å². The molecule has 2 heterocycles. The Morgan fingerprint density at radius 2 is 2.00 bits per heavy atom. The van der Waals surface area contributed by atoms with Gasteiger partial charge in [-0.1, -0.05) is 24.3 Å². The number of nitrogens with zero attached hydrogens (tertiary/aromatic N) is 1. The molecule has 0 unspecified atom stereocenters. The van der Waals surface area contributed by atoms with Gasteiger partial charge in [0.2, 0.25) is 17.7 Å². The summed E-state index contributed by atoms with van der Waals surface area (Å²) >= 11 is 0. The molecule has 144 valence electrons. The minimum Gasteiger partial charge on any atom is -0.326 e. The molecule has 6 heteroatoms. The molecule has 1 atom stereocenters. The average molecular weight is 377 g/mol. The highest BCUT2D eigenvalue weighted by Gasteiger charge is 2.26. The maximum Gasteiger partial charge on any atom is 0.227 e. The fraction of sp³-hybridized carbons (Fsp3) is 0.318. The number of carbonyl (C=O) groups excluding carboxylic acids is 3. The molecule has 2 aliphatic heterocycles.